The van der Waals surface area contributed by atoms with E-state index in [0.29, 0.717) is 5.56 Å². The van der Waals surface area contributed by atoms with E-state index >= 15 is 0 Å². The largest absolute Gasteiger partial charge is 0.477 e. The second-order valence-corrected chi connectivity index (χ2v) is 2.41. The monoisotopic (exact) mass is 166 g/mol. The van der Waals surface area contributed by atoms with Gasteiger partial charge in [-0.15, -0.1) is 0 Å². The maximum atomic E-state index is 10.4. The third kappa shape index (κ3) is 1.85. The fourth-order valence-electron chi connectivity index (χ4n) is 0.713. The minimum absolute atomic E-state index is 0.0365. The lowest BCUT2D eigenvalue weighted by Crippen LogP contribution is -2.10. The molecule has 0 fully saturated rings. The molecule has 0 heterocycles. The first-order valence-corrected chi connectivity index (χ1v) is 3.45. The lowest BCUT2D eigenvalue weighted by Gasteiger charge is -1.95. The molecule has 0 amide bonds. The Morgan fingerprint density at radius 2 is 1.82 bits per heavy atom. The van der Waals surface area contributed by atoms with E-state index in [4.69, 9.17) is 5.11 Å². The van der Waals surface area contributed by atoms with Gasteiger partial charge < -0.3 is 5.11 Å². The van der Waals surface area contributed by atoms with Gasteiger partial charge in [-0.1, -0.05) is 42.5 Å². The van der Waals surface area contributed by atoms with Crippen molar-refractivity contribution in [1.82, 2.24) is 0 Å². The summed E-state index contributed by atoms with van der Waals surface area (Å²) in [6.07, 6.45) is 0. The number of carbonyl (C=O) groups is 1. The first kappa shape index (κ1) is 7.88. The number of aliphatic carboxylic acids is 1. The third-order valence-corrected chi connectivity index (χ3v) is 1.64. The highest BCUT2D eigenvalue weighted by molar-refractivity contribution is 7.82. The number of hydrogen-bond acceptors (Lipinski definition) is 2. The maximum Gasteiger partial charge on any atom is 0.347 e. The molecule has 11 heavy (non-hydrogen) atoms. The minimum atomic E-state index is -1.05. The van der Waals surface area contributed by atoms with Gasteiger partial charge >= 0.3 is 5.97 Å². The van der Waals surface area contributed by atoms with Crippen molar-refractivity contribution < 1.29 is 9.90 Å². The van der Waals surface area contributed by atoms with Gasteiger partial charge in [0.1, 0.15) is 4.86 Å². The van der Waals surface area contributed by atoms with Crippen LogP contribution in [0.4, 0.5) is 0 Å². The summed E-state index contributed by atoms with van der Waals surface area (Å²) in [6.45, 7) is 0. The zero-order chi connectivity index (χ0) is 8.27. The Morgan fingerprint density at radius 1 is 1.27 bits per heavy atom. The summed E-state index contributed by atoms with van der Waals surface area (Å²) in [7, 11) is 0. The Labute approximate surface area is 69.5 Å². The summed E-state index contributed by atoms with van der Waals surface area (Å²) in [5.74, 6) is -1.05. The zero-order valence-corrected chi connectivity index (χ0v) is 6.47. The molecule has 56 valence electrons. The van der Waals surface area contributed by atoms with Crippen LogP contribution >= 0.6 is 12.2 Å². The minimum Gasteiger partial charge on any atom is -0.477 e. The molecule has 0 unspecified atom stereocenters. The Kier molecular flexibility index (Phi) is 2.33. The van der Waals surface area contributed by atoms with E-state index in [2.05, 4.69) is 12.2 Å². The highest BCUT2D eigenvalue weighted by Gasteiger charge is 2.07. The molecule has 0 atom stereocenters. The SMILES string of the molecule is O=C(O)C(=S)c1ccccc1. The van der Waals surface area contributed by atoms with Gasteiger partial charge in [0.05, 0.1) is 0 Å². The third-order valence-electron chi connectivity index (χ3n) is 1.23. The summed E-state index contributed by atoms with van der Waals surface area (Å²) >= 11 is 4.64. The number of carboxylic acids is 1. The quantitative estimate of drug-likeness (QED) is 0.534. The first-order chi connectivity index (χ1) is 5.22. The molecule has 1 aromatic rings. The van der Waals surface area contributed by atoms with E-state index in [1.807, 2.05) is 6.07 Å². The van der Waals surface area contributed by atoms with Gasteiger partial charge in [-0.3, -0.25) is 0 Å². The summed E-state index contributed by atoms with van der Waals surface area (Å²) in [5.41, 5.74) is 0.579. The fraction of sp³-hybridized carbons (Fsp3) is 0. The fourth-order valence-corrected chi connectivity index (χ4v) is 0.849. The van der Waals surface area contributed by atoms with Crippen molar-refractivity contribution in [2.75, 3.05) is 0 Å². The van der Waals surface area contributed by atoms with Crippen molar-refractivity contribution in [3.63, 3.8) is 0 Å². The average molecular weight is 166 g/mol. The summed E-state index contributed by atoms with van der Waals surface area (Å²) < 4.78 is 0. The molecule has 1 aromatic carbocycles. The zero-order valence-electron chi connectivity index (χ0n) is 5.65. The van der Waals surface area contributed by atoms with Crippen LogP contribution in [0.25, 0.3) is 0 Å². The van der Waals surface area contributed by atoms with Crippen LogP contribution < -0.4 is 0 Å². The molecule has 2 nitrogen and oxygen atoms in total. The topological polar surface area (TPSA) is 37.3 Å². The molecular formula is C8H6O2S. The molecule has 0 bridgehead atoms. The van der Waals surface area contributed by atoms with Crippen LogP contribution in [0.3, 0.4) is 0 Å². The molecule has 0 spiro atoms. The van der Waals surface area contributed by atoms with Gasteiger partial charge in [0.15, 0.2) is 0 Å². The lowest BCUT2D eigenvalue weighted by molar-refractivity contribution is -0.129. The second kappa shape index (κ2) is 3.25. The lowest BCUT2D eigenvalue weighted by atomic mass is 10.1. The van der Waals surface area contributed by atoms with Crippen molar-refractivity contribution in [1.29, 1.82) is 0 Å². The Bertz CT molecular complexity index is 279. The average Bonchev–Trinajstić information content (AvgIpc) is 2.05. The van der Waals surface area contributed by atoms with Gasteiger partial charge in [0.2, 0.25) is 0 Å². The van der Waals surface area contributed by atoms with E-state index in [0.717, 1.165) is 0 Å². The van der Waals surface area contributed by atoms with Crippen LogP contribution in [0.15, 0.2) is 30.3 Å². The van der Waals surface area contributed by atoms with Crippen molar-refractivity contribution in [2.24, 2.45) is 0 Å². The highest BCUT2D eigenvalue weighted by atomic mass is 32.1. The molecule has 0 saturated heterocycles. The van der Waals surface area contributed by atoms with Crippen LogP contribution in [0.2, 0.25) is 0 Å². The molecule has 1 N–H and O–H groups in total. The predicted molar refractivity (Wildman–Crippen MR) is 45.8 cm³/mol. The predicted octanol–water partition coefficient (Wildman–Crippen LogP) is 1.49. The Morgan fingerprint density at radius 3 is 2.27 bits per heavy atom. The van der Waals surface area contributed by atoms with Crippen molar-refractivity contribution in [2.45, 2.75) is 0 Å². The molecule has 0 saturated carbocycles. The first-order valence-electron chi connectivity index (χ1n) is 3.04. The molecule has 0 aliphatic rings. The number of thiocarbonyl (C=S) groups is 1. The second-order valence-electron chi connectivity index (χ2n) is 2.00. The highest BCUT2D eigenvalue weighted by Crippen LogP contribution is 2.00. The number of carboxylic acid groups (broad SMARTS) is 1. The van der Waals surface area contributed by atoms with Crippen LogP contribution in [0.1, 0.15) is 5.56 Å². The van der Waals surface area contributed by atoms with Crippen LogP contribution in [-0.4, -0.2) is 15.9 Å². The maximum absolute atomic E-state index is 10.4. The van der Waals surface area contributed by atoms with Gasteiger partial charge in [0, 0.05) is 0 Å². The van der Waals surface area contributed by atoms with Gasteiger partial charge in [0.25, 0.3) is 0 Å². The number of hydrogen-bond donors (Lipinski definition) is 1. The Balaban J connectivity index is 2.95. The smallest absolute Gasteiger partial charge is 0.347 e. The van der Waals surface area contributed by atoms with Crippen molar-refractivity contribution >= 4 is 23.1 Å². The normalized spacial score (nSPS) is 9.09. The van der Waals surface area contributed by atoms with E-state index in [1.165, 1.54) is 0 Å². The number of rotatable bonds is 2. The van der Waals surface area contributed by atoms with Crippen molar-refractivity contribution in [3.8, 4) is 0 Å². The number of benzene rings is 1. The Hall–Kier alpha value is -1.22. The van der Waals surface area contributed by atoms with Crippen molar-refractivity contribution in [3.05, 3.63) is 35.9 Å². The summed E-state index contributed by atoms with van der Waals surface area (Å²) in [4.78, 5) is 10.3. The standard InChI is InChI=1S/C8H6O2S/c9-8(10)7(11)6-4-2-1-3-5-6/h1-5H,(H,9,10). The van der Waals surface area contributed by atoms with Gasteiger partial charge in [-0.05, 0) is 5.56 Å². The molecule has 1 rings (SSSR count). The molecule has 0 aliphatic carbocycles. The molecule has 0 aliphatic heterocycles. The van der Waals surface area contributed by atoms with Crippen LogP contribution in [0.5, 0.6) is 0 Å². The molecule has 0 radical (unpaired) electrons. The van der Waals surface area contributed by atoms with Crippen LogP contribution in [-0.2, 0) is 4.79 Å². The van der Waals surface area contributed by atoms with E-state index < -0.39 is 5.97 Å². The van der Waals surface area contributed by atoms with E-state index in [1.54, 1.807) is 24.3 Å². The van der Waals surface area contributed by atoms with Crippen LogP contribution in [0, 0.1) is 0 Å². The molecule has 0 aromatic heterocycles. The van der Waals surface area contributed by atoms with Gasteiger partial charge in [-0.25, -0.2) is 4.79 Å². The molecular weight excluding hydrogens is 160 g/mol. The molecule has 3 heteroatoms. The van der Waals surface area contributed by atoms with E-state index in [-0.39, 0.29) is 4.86 Å². The van der Waals surface area contributed by atoms with E-state index in [9.17, 15) is 4.79 Å². The summed E-state index contributed by atoms with van der Waals surface area (Å²) in [5, 5.41) is 8.49. The summed E-state index contributed by atoms with van der Waals surface area (Å²) in [6, 6.07) is 8.68. The van der Waals surface area contributed by atoms with Gasteiger partial charge in [-0.2, -0.15) is 0 Å².